The van der Waals surface area contributed by atoms with Crippen molar-refractivity contribution in [2.24, 2.45) is 0 Å². The summed E-state index contributed by atoms with van der Waals surface area (Å²) < 4.78 is 45.9. The first kappa shape index (κ1) is 24.6. The number of thioether (sulfide) groups is 1. The number of nitrogens with one attached hydrogen (secondary N) is 1. The molecule has 3 unspecified atom stereocenters. The normalized spacial score (nSPS) is 29.3. The van der Waals surface area contributed by atoms with E-state index in [2.05, 4.69) is 13.1 Å². The average Bonchev–Trinajstić information content (AvgIpc) is 2.78. The highest BCUT2D eigenvalue weighted by atomic mass is 32.2. The summed E-state index contributed by atoms with van der Waals surface area (Å²) in [6.45, 7) is -0.860. The van der Waals surface area contributed by atoms with Gasteiger partial charge in [-0.3, -0.25) is 18.9 Å². The summed E-state index contributed by atoms with van der Waals surface area (Å²) in [5.74, 6) is 0. The quantitative estimate of drug-likeness (QED) is 0.195. The molecule has 1 aliphatic heterocycles. The van der Waals surface area contributed by atoms with Gasteiger partial charge in [-0.25, -0.2) is 18.5 Å². The molecule has 0 spiro atoms. The maximum absolute atomic E-state index is 11.8. The van der Waals surface area contributed by atoms with Crippen molar-refractivity contribution in [1.82, 2.24) is 9.55 Å². The molecule has 1 aromatic rings. The minimum Gasteiger partial charge on any atom is -0.389 e. The zero-order chi connectivity index (χ0) is 22.2. The SMILES string of the molecule is O=c1ccn(C2S[C@H](COP(=O)(O)OP(=O)(O)OP(=O)(O)O)[C@@H](O)[C@H]2O)c(=O)[nH]1. The van der Waals surface area contributed by atoms with E-state index in [0.29, 0.717) is 11.8 Å². The van der Waals surface area contributed by atoms with Gasteiger partial charge in [0.1, 0.15) is 11.5 Å². The zero-order valence-electron chi connectivity index (χ0n) is 13.8. The number of phosphoric acid groups is 3. The average molecular weight is 500 g/mol. The van der Waals surface area contributed by atoms with Crippen molar-refractivity contribution in [1.29, 1.82) is 0 Å². The Hall–Kier alpha value is -0.640. The van der Waals surface area contributed by atoms with Crippen LogP contribution in [-0.4, -0.2) is 63.4 Å². The standard InChI is InChI=1S/C9H15N2O14P3S/c12-5-1-2-11(9(15)10-5)8-7(14)6(13)4(29-8)3-23-27(19,20)25-28(21,22)24-26(16,17)18/h1-2,4,6-8,13-14H,3H2,(H,19,20)(H,21,22)(H,10,12,15)(H2,16,17,18)/t4-,6-,7-,8?/m1/s1. The van der Waals surface area contributed by atoms with E-state index in [4.69, 9.17) is 14.7 Å². The second-order valence-corrected chi connectivity index (χ2v) is 11.2. The number of aromatic nitrogens is 2. The van der Waals surface area contributed by atoms with Crippen LogP contribution in [0.2, 0.25) is 0 Å². The van der Waals surface area contributed by atoms with Gasteiger partial charge in [0.15, 0.2) is 0 Å². The molecule has 1 saturated heterocycles. The van der Waals surface area contributed by atoms with Gasteiger partial charge in [-0.15, -0.1) is 11.8 Å². The topological polar surface area (TPSA) is 255 Å². The van der Waals surface area contributed by atoms with Gasteiger partial charge in [0.25, 0.3) is 5.56 Å². The van der Waals surface area contributed by atoms with Crippen LogP contribution in [0.25, 0.3) is 0 Å². The molecule has 7 N–H and O–H groups in total. The molecule has 1 aliphatic rings. The van der Waals surface area contributed by atoms with E-state index in [-0.39, 0.29) is 0 Å². The van der Waals surface area contributed by atoms with E-state index in [1.54, 1.807) is 0 Å². The van der Waals surface area contributed by atoms with Crippen molar-refractivity contribution in [3.63, 3.8) is 0 Å². The van der Waals surface area contributed by atoms with Gasteiger partial charge in [-0.1, -0.05) is 0 Å². The highest BCUT2D eigenvalue weighted by molar-refractivity contribution is 8.00. The summed E-state index contributed by atoms with van der Waals surface area (Å²) in [6, 6.07) is 0.987. The smallest absolute Gasteiger partial charge is 0.389 e. The number of hydrogen-bond acceptors (Lipinski definition) is 11. The number of rotatable bonds is 8. The monoisotopic (exact) mass is 500 g/mol. The van der Waals surface area contributed by atoms with Gasteiger partial charge in [-0.2, -0.15) is 8.62 Å². The summed E-state index contributed by atoms with van der Waals surface area (Å²) in [5.41, 5.74) is -1.59. The Bertz CT molecular complexity index is 1000. The van der Waals surface area contributed by atoms with Crippen LogP contribution < -0.4 is 11.2 Å². The molecule has 0 saturated carbocycles. The predicted octanol–water partition coefficient (Wildman–Crippen LogP) is -1.78. The first-order chi connectivity index (χ1) is 13.1. The fraction of sp³-hybridized carbons (Fsp3) is 0.556. The third-order valence-electron chi connectivity index (χ3n) is 3.28. The largest absolute Gasteiger partial charge is 0.490 e. The molecule has 20 heteroatoms. The molecule has 0 bridgehead atoms. The Morgan fingerprint density at radius 3 is 2.21 bits per heavy atom. The maximum atomic E-state index is 11.8. The number of aliphatic hydroxyl groups is 2. The van der Waals surface area contributed by atoms with Gasteiger partial charge < -0.3 is 29.8 Å². The van der Waals surface area contributed by atoms with Gasteiger partial charge in [-0.05, 0) is 0 Å². The molecule has 2 rings (SSSR count). The molecular formula is C9H15N2O14P3S. The van der Waals surface area contributed by atoms with Gasteiger partial charge in [0, 0.05) is 12.3 Å². The summed E-state index contributed by atoms with van der Waals surface area (Å²) in [7, 11) is -16.6. The van der Waals surface area contributed by atoms with E-state index in [0.717, 1.165) is 16.8 Å². The number of phosphoric ester groups is 1. The minimum atomic E-state index is -5.69. The van der Waals surface area contributed by atoms with E-state index in [9.17, 15) is 38.4 Å². The molecular weight excluding hydrogens is 485 g/mol. The van der Waals surface area contributed by atoms with Crippen LogP contribution in [0.3, 0.4) is 0 Å². The van der Waals surface area contributed by atoms with Crippen LogP contribution in [0.15, 0.2) is 21.9 Å². The van der Waals surface area contributed by atoms with Crippen molar-refractivity contribution in [3.05, 3.63) is 33.1 Å². The van der Waals surface area contributed by atoms with Crippen LogP contribution in [0.1, 0.15) is 5.37 Å². The lowest BCUT2D eigenvalue weighted by atomic mass is 10.1. The molecule has 0 amide bonds. The number of hydrogen-bond donors (Lipinski definition) is 7. The molecule has 2 heterocycles. The summed E-state index contributed by atoms with van der Waals surface area (Å²) in [4.78, 5) is 60.2. The van der Waals surface area contributed by atoms with Crippen molar-refractivity contribution >= 4 is 35.2 Å². The lowest BCUT2D eigenvalue weighted by Gasteiger charge is -2.19. The highest BCUT2D eigenvalue weighted by Crippen LogP contribution is 2.66. The first-order valence-corrected chi connectivity index (χ1v) is 12.7. The van der Waals surface area contributed by atoms with Crippen molar-refractivity contribution in [3.8, 4) is 0 Å². The van der Waals surface area contributed by atoms with E-state index in [1.807, 2.05) is 4.98 Å². The first-order valence-electron chi connectivity index (χ1n) is 7.22. The molecule has 0 aliphatic carbocycles. The summed E-state index contributed by atoms with van der Waals surface area (Å²) >= 11 is 0.709. The van der Waals surface area contributed by atoms with E-state index < -0.39 is 64.2 Å². The molecule has 1 fully saturated rings. The third kappa shape index (κ3) is 6.94. The Labute approximate surface area is 164 Å². The predicted molar refractivity (Wildman–Crippen MR) is 93.6 cm³/mol. The van der Waals surface area contributed by atoms with E-state index in [1.165, 1.54) is 0 Å². The summed E-state index contributed by atoms with van der Waals surface area (Å²) in [5, 5.41) is 17.8. The van der Waals surface area contributed by atoms with Crippen LogP contribution in [0, 0.1) is 0 Å². The number of aliphatic hydroxyl groups excluding tert-OH is 2. The molecule has 0 radical (unpaired) electrons. The molecule has 16 nitrogen and oxygen atoms in total. The molecule has 29 heavy (non-hydrogen) atoms. The molecule has 1 aromatic heterocycles. The highest BCUT2D eigenvalue weighted by Gasteiger charge is 2.46. The fourth-order valence-corrected chi connectivity index (χ4v) is 6.79. The zero-order valence-corrected chi connectivity index (χ0v) is 17.3. The van der Waals surface area contributed by atoms with Crippen LogP contribution >= 0.6 is 35.2 Å². The maximum Gasteiger partial charge on any atom is 0.490 e. The summed E-state index contributed by atoms with van der Waals surface area (Å²) in [6.07, 6.45) is -2.12. The lowest BCUT2D eigenvalue weighted by Crippen LogP contribution is -2.37. The third-order valence-corrected chi connectivity index (χ3v) is 8.63. The molecule has 166 valence electrons. The second-order valence-electron chi connectivity index (χ2n) is 5.45. The number of aromatic amines is 1. The minimum absolute atomic E-state index is 0.700. The number of nitrogens with zero attached hydrogens (tertiary/aromatic N) is 1. The van der Waals surface area contributed by atoms with Crippen LogP contribution in [0.4, 0.5) is 0 Å². The Morgan fingerprint density at radius 1 is 1.03 bits per heavy atom. The van der Waals surface area contributed by atoms with Crippen LogP contribution in [-0.2, 0) is 26.8 Å². The van der Waals surface area contributed by atoms with Crippen LogP contribution in [0.5, 0.6) is 0 Å². The Kier molecular flexibility index (Phi) is 7.51. The van der Waals surface area contributed by atoms with Crippen molar-refractivity contribution in [2.75, 3.05) is 6.61 Å². The number of H-pyrrole nitrogens is 1. The second kappa shape index (κ2) is 8.85. The Morgan fingerprint density at radius 2 is 1.66 bits per heavy atom. The fourth-order valence-electron chi connectivity index (χ4n) is 2.20. The van der Waals surface area contributed by atoms with Gasteiger partial charge in [0.2, 0.25) is 0 Å². The van der Waals surface area contributed by atoms with Gasteiger partial charge >= 0.3 is 29.2 Å². The lowest BCUT2D eigenvalue weighted by molar-refractivity contribution is 0.00995. The Balaban J connectivity index is 2.06. The van der Waals surface area contributed by atoms with Crippen molar-refractivity contribution < 1.29 is 56.6 Å². The van der Waals surface area contributed by atoms with Gasteiger partial charge in [0.05, 0.1) is 18.0 Å². The van der Waals surface area contributed by atoms with E-state index >= 15 is 0 Å². The molecule has 0 aromatic carbocycles. The molecule has 6 atom stereocenters. The van der Waals surface area contributed by atoms with Crippen molar-refractivity contribution in [2.45, 2.75) is 22.8 Å².